The van der Waals surface area contributed by atoms with E-state index in [0.29, 0.717) is 5.28 Å². The standard InChI is InChI=1S/C15H18ClN3/c1-3-19(4-2)14-11-13(17-15(16)18-14)10-12-8-6-5-7-9-12/h5-9,11H,3-4,10H2,1-2H3. The van der Waals surface area contributed by atoms with Crippen molar-refractivity contribution in [3.63, 3.8) is 0 Å². The number of anilines is 1. The lowest BCUT2D eigenvalue weighted by Gasteiger charge is -2.20. The molecule has 2 aromatic rings. The Morgan fingerprint density at radius 2 is 1.74 bits per heavy atom. The Balaban J connectivity index is 2.26. The predicted octanol–water partition coefficient (Wildman–Crippen LogP) is 3.57. The maximum atomic E-state index is 6.03. The molecule has 0 atom stereocenters. The van der Waals surface area contributed by atoms with Gasteiger partial charge in [-0.25, -0.2) is 9.97 Å². The summed E-state index contributed by atoms with van der Waals surface area (Å²) in [5, 5.41) is 0.315. The third-order valence-electron chi connectivity index (χ3n) is 3.05. The van der Waals surface area contributed by atoms with Gasteiger partial charge in [0, 0.05) is 25.6 Å². The van der Waals surface area contributed by atoms with Crippen molar-refractivity contribution in [2.24, 2.45) is 0 Å². The highest BCUT2D eigenvalue weighted by Gasteiger charge is 2.08. The predicted molar refractivity (Wildman–Crippen MR) is 79.9 cm³/mol. The Kier molecular flexibility index (Phi) is 4.74. The number of aromatic nitrogens is 2. The van der Waals surface area contributed by atoms with Crippen LogP contribution in [0.15, 0.2) is 36.4 Å². The van der Waals surface area contributed by atoms with E-state index in [1.807, 2.05) is 24.3 Å². The van der Waals surface area contributed by atoms with Gasteiger partial charge in [0.1, 0.15) is 5.82 Å². The van der Waals surface area contributed by atoms with Crippen LogP contribution in [0, 0.1) is 0 Å². The summed E-state index contributed by atoms with van der Waals surface area (Å²) in [6.45, 7) is 6.04. The smallest absolute Gasteiger partial charge is 0.224 e. The first kappa shape index (κ1) is 13.8. The number of halogens is 1. The first-order valence-corrected chi connectivity index (χ1v) is 6.93. The van der Waals surface area contributed by atoms with Gasteiger partial charge in [-0.2, -0.15) is 0 Å². The SMILES string of the molecule is CCN(CC)c1cc(Cc2ccccc2)nc(Cl)n1. The molecule has 0 unspecified atom stereocenters. The molecule has 0 aliphatic heterocycles. The Hall–Kier alpha value is -1.61. The van der Waals surface area contributed by atoms with Gasteiger partial charge in [-0.3, -0.25) is 0 Å². The summed E-state index contributed by atoms with van der Waals surface area (Å²) in [6.07, 6.45) is 0.775. The molecule has 2 rings (SSSR count). The topological polar surface area (TPSA) is 29.0 Å². The van der Waals surface area contributed by atoms with Gasteiger partial charge in [-0.15, -0.1) is 0 Å². The Morgan fingerprint density at radius 1 is 1.05 bits per heavy atom. The molecule has 1 aromatic heterocycles. The van der Waals surface area contributed by atoms with Crippen LogP contribution in [0.2, 0.25) is 5.28 Å². The third kappa shape index (κ3) is 3.67. The second-order valence-corrected chi connectivity index (χ2v) is 4.66. The molecule has 0 aliphatic carbocycles. The summed E-state index contributed by atoms with van der Waals surface area (Å²) < 4.78 is 0. The molecule has 0 aliphatic rings. The monoisotopic (exact) mass is 275 g/mol. The number of hydrogen-bond donors (Lipinski definition) is 0. The summed E-state index contributed by atoms with van der Waals surface area (Å²) >= 11 is 6.03. The minimum Gasteiger partial charge on any atom is -0.357 e. The van der Waals surface area contributed by atoms with Gasteiger partial charge in [-0.05, 0) is 31.0 Å². The first-order chi connectivity index (χ1) is 9.22. The largest absolute Gasteiger partial charge is 0.357 e. The molecular weight excluding hydrogens is 258 g/mol. The van der Waals surface area contributed by atoms with Gasteiger partial charge in [0.15, 0.2) is 0 Å². The molecule has 0 radical (unpaired) electrons. The van der Waals surface area contributed by atoms with E-state index in [4.69, 9.17) is 11.6 Å². The molecule has 19 heavy (non-hydrogen) atoms. The summed E-state index contributed by atoms with van der Waals surface area (Å²) in [7, 11) is 0. The minimum atomic E-state index is 0.315. The zero-order valence-electron chi connectivity index (χ0n) is 11.3. The van der Waals surface area contributed by atoms with Gasteiger partial charge in [0.25, 0.3) is 0 Å². The number of hydrogen-bond acceptors (Lipinski definition) is 3. The molecule has 0 N–H and O–H groups in total. The maximum absolute atomic E-state index is 6.03. The van der Waals surface area contributed by atoms with E-state index in [0.717, 1.165) is 31.0 Å². The van der Waals surface area contributed by atoms with E-state index in [1.165, 1.54) is 5.56 Å². The molecule has 0 spiro atoms. The minimum absolute atomic E-state index is 0.315. The van der Waals surface area contributed by atoms with Crippen molar-refractivity contribution in [3.8, 4) is 0 Å². The molecule has 0 bridgehead atoms. The molecule has 0 amide bonds. The van der Waals surface area contributed by atoms with E-state index in [1.54, 1.807) is 0 Å². The van der Waals surface area contributed by atoms with Gasteiger partial charge in [0.2, 0.25) is 5.28 Å². The van der Waals surface area contributed by atoms with Gasteiger partial charge < -0.3 is 4.90 Å². The lowest BCUT2D eigenvalue weighted by atomic mass is 10.1. The second-order valence-electron chi connectivity index (χ2n) is 4.32. The summed E-state index contributed by atoms with van der Waals surface area (Å²) in [6, 6.07) is 12.3. The van der Waals surface area contributed by atoms with Crippen molar-refractivity contribution in [2.75, 3.05) is 18.0 Å². The van der Waals surface area contributed by atoms with Crippen LogP contribution in [-0.4, -0.2) is 23.1 Å². The van der Waals surface area contributed by atoms with Crippen LogP contribution in [0.25, 0.3) is 0 Å². The molecule has 0 saturated heterocycles. The van der Waals surface area contributed by atoms with E-state index < -0.39 is 0 Å². The Labute approximate surface area is 119 Å². The molecule has 4 heteroatoms. The average molecular weight is 276 g/mol. The summed E-state index contributed by atoms with van der Waals surface area (Å²) in [5.74, 6) is 0.899. The summed E-state index contributed by atoms with van der Waals surface area (Å²) in [4.78, 5) is 10.8. The van der Waals surface area contributed by atoms with Crippen molar-refractivity contribution in [1.82, 2.24) is 9.97 Å². The van der Waals surface area contributed by atoms with Crippen LogP contribution in [-0.2, 0) is 6.42 Å². The average Bonchev–Trinajstić information content (AvgIpc) is 2.40. The Morgan fingerprint density at radius 3 is 2.37 bits per heavy atom. The lowest BCUT2D eigenvalue weighted by molar-refractivity contribution is 0.836. The van der Waals surface area contributed by atoms with Crippen LogP contribution in [0.4, 0.5) is 5.82 Å². The fraction of sp³-hybridized carbons (Fsp3) is 0.333. The lowest BCUT2D eigenvalue weighted by Crippen LogP contribution is -2.23. The molecule has 1 aromatic carbocycles. The normalized spacial score (nSPS) is 10.5. The number of rotatable bonds is 5. The van der Waals surface area contributed by atoms with Crippen LogP contribution in [0.5, 0.6) is 0 Å². The van der Waals surface area contributed by atoms with E-state index in [-0.39, 0.29) is 0 Å². The van der Waals surface area contributed by atoms with Gasteiger partial charge in [0.05, 0.1) is 5.69 Å². The molecule has 3 nitrogen and oxygen atoms in total. The highest BCUT2D eigenvalue weighted by atomic mass is 35.5. The number of nitrogens with zero attached hydrogens (tertiary/aromatic N) is 3. The highest BCUT2D eigenvalue weighted by molar-refractivity contribution is 6.28. The maximum Gasteiger partial charge on any atom is 0.224 e. The second kappa shape index (κ2) is 6.53. The highest BCUT2D eigenvalue weighted by Crippen LogP contribution is 2.17. The Bertz CT molecular complexity index is 524. The van der Waals surface area contributed by atoms with E-state index in [9.17, 15) is 0 Å². The molecular formula is C15H18ClN3. The first-order valence-electron chi connectivity index (χ1n) is 6.55. The van der Waals surface area contributed by atoms with E-state index in [2.05, 4.69) is 40.8 Å². The fourth-order valence-electron chi connectivity index (χ4n) is 2.06. The van der Waals surface area contributed by atoms with Crippen LogP contribution >= 0.6 is 11.6 Å². The van der Waals surface area contributed by atoms with Crippen molar-refractivity contribution in [3.05, 3.63) is 52.9 Å². The summed E-state index contributed by atoms with van der Waals surface area (Å²) in [5.41, 5.74) is 2.18. The van der Waals surface area contributed by atoms with Crippen LogP contribution < -0.4 is 4.90 Å². The molecule has 1 heterocycles. The quantitative estimate of drug-likeness (QED) is 0.781. The fourth-order valence-corrected chi connectivity index (χ4v) is 2.25. The third-order valence-corrected chi connectivity index (χ3v) is 3.22. The van der Waals surface area contributed by atoms with Crippen molar-refractivity contribution >= 4 is 17.4 Å². The number of benzene rings is 1. The van der Waals surface area contributed by atoms with Gasteiger partial charge in [-0.1, -0.05) is 30.3 Å². The van der Waals surface area contributed by atoms with Crippen LogP contribution in [0.1, 0.15) is 25.1 Å². The van der Waals surface area contributed by atoms with Crippen molar-refractivity contribution in [2.45, 2.75) is 20.3 Å². The molecule has 0 saturated carbocycles. The molecule has 100 valence electrons. The van der Waals surface area contributed by atoms with Gasteiger partial charge >= 0.3 is 0 Å². The van der Waals surface area contributed by atoms with Crippen molar-refractivity contribution < 1.29 is 0 Å². The van der Waals surface area contributed by atoms with E-state index >= 15 is 0 Å². The molecule has 0 fully saturated rings. The zero-order valence-corrected chi connectivity index (χ0v) is 12.1. The van der Waals surface area contributed by atoms with Crippen LogP contribution in [0.3, 0.4) is 0 Å². The van der Waals surface area contributed by atoms with Crippen molar-refractivity contribution in [1.29, 1.82) is 0 Å². The zero-order chi connectivity index (χ0) is 13.7.